The first-order chi connectivity index (χ1) is 8.13. The zero-order valence-corrected chi connectivity index (χ0v) is 11.6. The van der Waals surface area contributed by atoms with Gasteiger partial charge in [-0.25, -0.2) is 0 Å². The number of hydrogen-bond acceptors (Lipinski definition) is 2. The van der Waals surface area contributed by atoms with Gasteiger partial charge in [0.05, 0.1) is 10.8 Å². The third kappa shape index (κ3) is 4.00. The average Bonchev–Trinajstić information content (AvgIpc) is 2.63. The van der Waals surface area contributed by atoms with Gasteiger partial charge in [-0.05, 0) is 30.9 Å². The minimum absolute atomic E-state index is 0.127. The van der Waals surface area contributed by atoms with E-state index in [0.717, 1.165) is 28.0 Å². The van der Waals surface area contributed by atoms with Crippen LogP contribution in [0.2, 0.25) is 4.34 Å². The highest BCUT2D eigenvalue weighted by Gasteiger charge is 2.20. The number of halogens is 1. The van der Waals surface area contributed by atoms with Crippen molar-refractivity contribution in [3.05, 3.63) is 21.3 Å². The third-order valence-electron chi connectivity index (χ3n) is 3.27. The van der Waals surface area contributed by atoms with E-state index in [1.807, 2.05) is 12.1 Å². The van der Waals surface area contributed by atoms with Gasteiger partial charge in [0.2, 0.25) is 5.91 Å². The van der Waals surface area contributed by atoms with Crippen LogP contribution in [0.1, 0.15) is 37.5 Å². The number of thiophene rings is 1. The fraction of sp³-hybridized carbons (Fsp3) is 0.615. The molecule has 1 N–H and O–H groups in total. The van der Waals surface area contributed by atoms with Crippen molar-refractivity contribution in [3.63, 3.8) is 0 Å². The highest BCUT2D eigenvalue weighted by Crippen LogP contribution is 2.24. The Balaban J connectivity index is 1.80. The lowest BCUT2D eigenvalue weighted by Crippen LogP contribution is -2.38. The Morgan fingerprint density at radius 2 is 2.35 bits per heavy atom. The van der Waals surface area contributed by atoms with E-state index in [9.17, 15) is 4.79 Å². The lowest BCUT2D eigenvalue weighted by atomic mass is 9.87. The van der Waals surface area contributed by atoms with E-state index in [4.69, 9.17) is 11.6 Å². The monoisotopic (exact) mass is 271 g/mol. The van der Waals surface area contributed by atoms with Crippen molar-refractivity contribution in [2.24, 2.45) is 5.92 Å². The van der Waals surface area contributed by atoms with E-state index >= 15 is 0 Å². The van der Waals surface area contributed by atoms with Crippen LogP contribution in [0, 0.1) is 5.92 Å². The first kappa shape index (κ1) is 12.9. The number of carbonyl (C=O) groups excluding carboxylic acids is 1. The van der Waals surface area contributed by atoms with Crippen LogP contribution >= 0.6 is 22.9 Å². The molecule has 4 heteroatoms. The third-order valence-corrected chi connectivity index (χ3v) is 4.50. The van der Waals surface area contributed by atoms with Crippen LogP contribution < -0.4 is 5.32 Å². The molecule has 1 aromatic heterocycles. The molecule has 0 saturated heterocycles. The van der Waals surface area contributed by atoms with Gasteiger partial charge in [0.1, 0.15) is 0 Å². The lowest BCUT2D eigenvalue weighted by Gasteiger charge is -2.27. The van der Waals surface area contributed by atoms with Gasteiger partial charge in [0.25, 0.3) is 0 Å². The molecule has 2 rings (SSSR count). The van der Waals surface area contributed by atoms with Crippen molar-refractivity contribution < 1.29 is 4.79 Å². The minimum atomic E-state index is 0.127. The molecule has 1 aromatic rings. The van der Waals surface area contributed by atoms with Gasteiger partial charge in [0, 0.05) is 10.9 Å². The Labute approximate surface area is 111 Å². The predicted molar refractivity (Wildman–Crippen MR) is 72.6 cm³/mol. The van der Waals surface area contributed by atoms with Crippen molar-refractivity contribution in [1.82, 2.24) is 5.32 Å². The number of amides is 1. The van der Waals surface area contributed by atoms with Crippen LogP contribution in [0.4, 0.5) is 0 Å². The predicted octanol–water partition coefficient (Wildman–Crippen LogP) is 3.64. The fourth-order valence-corrected chi connectivity index (χ4v) is 3.54. The number of hydrogen-bond donors (Lipinski definition) is 1. The van der Waals surface area contributed by atoms with Crippen LogP contribution in [0.3, 0.4) is 0 Å². The summed E-state index contributed by atoms with van der Waals surface area (Å²) in [5.41, 5.74) is 0. The molecule has 1 fully saturated rings. The summed E-state index contributed by atoms with van der Waals surface area (Å²) in [6.45, 7) is 2.26. The van der Waals surface area contributed by atoms with E-state index in [1.165, 1.54) is 24.2 Å². The summed E-state index contributed by atoms with van der Waals surface area (Å²) in [7, 11) is 0. The molecule has 0 aliphatic heterocycles. The van der Waals surface area contributed by atoms with Crippen LogP contribution in [0.25, 0.3) is 0 Å². The zero-order chi connectivity index (χ0) is 12.3. The van der Waals surface area contributed by atoms with Crippen molar-refractivity contribution >= 4 is 28.8 Å². The van der Waals surface area contributed by atoms with E-state index in [-0.39, 0.29) is 5.91 Å². The molecule has 17 heavy (non-hydrogen) atoms. The number of carbonyl (C=O) groups is 1. The first-order valence-corrected chi connectivity index (χ1v) is 7.36. The van der Waals surface area contributed by atoms with Gasteiger partial charge >= 0.3 is 0 Å². The van der Waals surface area contributed by atoms with Crippen LogP contribution in [-0.2, 0) is 11.2 Å². The molecule has 0 aromatic carbocycles. The summed E-state index contributed by atoms with van der Waals surface area (Å²) in [4.78, 5) is 12.9. The molecule has 2 atom stereocenters. The molecule has 94 valence electrons. The highest BCUT2D eigenvalue weighted by molar-refractivity contribution is 7.16. The second-order valence-electron chi connectivity index (χ2n) is 4.92. The van der Waals surface area contributed by atoms with E-state index in [1.54, 1.807) is 0 Å². The average molecular weight is 272 g/mol. The molecule has 2 nitrogen and oxygen atoms in total. The summed E-state index contributed by atoms with van der Waals surface area (Å²) in [5.74, 6) is 0.868. The maximum atomic E-state index is 11.8. The first-order valence-electron chi connectivity index (χ1n) is 6.17. The van der Waals surface area contributed by atoms with E-state index in [0.29, 0.717) is 12.5 Å². The highest BCUT2D eigenvalue weighted by atomic mass is 35.5. The minimum Gasteiger partial charge on any atom is -0.353 e. The van der Waals surface area contributed by atoms with Gasteiger partial charge in [-0.15, -0.1) is 11.3 Å². The molecule has 1 aliphatic carbocycles. The number of rotatable bonds is 3. The fourth-order valence-electron chi connectivity index (χ4n) is 2.45. The van der Waals surface area contributed by atoms with Crippen LogP contribution in [0.5, 0.6) is 0 Å². The van der Waals surface area contributed by atoms with Gasteiger partial charge in [-0.2, -0.15) is 0 Å². The molecule has 0 radical (unpaired) electrons. The van der Waals surface area contributed by atoms with Crippen molar-refractivity contribution in [3.8, 4) is 0 Å². The van der Waals surface area contributed by atoms with Gasteiger partial charge in [-0.1, -0.05) is 31.4 Å². The zero-order valence-electron chi connectivity index (χ0n) is 10.0. The molecule has 1 saturated carbocycles. The summed E-state index contributed by atoms with van der Waals surface area (Å²) < 4.78 is 0.749. The Hall–Kier alpha value is -0.540. The van der Waals surface area contributed by atoms with E-state index < -0.39 is 0 Å². The quantitative estimate of drug-likeness (QED) is 0.894. The van der Waals surface area contributed by atoms with E-state index in [2.05, 4.69) is 12.2 Å². The van der Waals surface area contributed by atoms with Crippen LogP contribution in [-0.4, -0.2) is 11.9 Å². The smallest absolute Gasteiger partial charge is 0.225 e. The van der Waals surface area contributed by atoms with Crippen molar-refractivity contribution in [2.45, 2.75) is 45.1 Å². The maximum absolute atomic E-state index is 11.8. The molecule has 1 aliphatic rings. The molecule has 0 bridgehead atoms. The van der Waals surface area contributed by atoms with Crippen molar-refractivity contribution in [1.29, 1.82) is 0 Å². The Kier molecular flexibility index (Phi) is 4.46. The SMILES string of the molecule is CC1CCCC(NC(=O)Cc2ccc(Cl)s2)C1. The van der Waals surface area contributed by atoms with Gasteiger partial charge < -0.3 is 5.32 Å². The summed E-state index contributed by atoms with van der Waals surface area (Å²) in [6, 6.07) is 4.15. The molecule has 1 heterocycles. The molecule has 0 spiro atoms. The van der Waals surface area contributed by atoms with Crippen LogP contribution in [0.15, 0.2) is 12.1 Å². The van der Waals surface area contributed by atoms with Gasteiger partial charge in [0.15, 0.2) is 0 Å². The molecule has 1 amide bonds. The summed E-state index contributed by atoms with van der Waals surface area (Å²) >= 11 is 7.32. The second kappa shape index (κ2) is 5.87. The van der Waals surface area contributed by atoms with Gasteiger partial charge in [-0.3, -0.25) is 4.79 Å². The largest absolute Gasteiger partial charge is 0.353 e. The number of nitrogens with one attached hydrogen (secondary N) is 1. The Bertz CT molecular complexity index is 391. The molecular weight excluding hydrogens is 254 g/mol. The molecule has 2 unspecified atom stereocenters. The Morgan fingerprint density at radius 3 is 3.00 bits per heavy atom. The Morgan fingerprint density at radius 1 is 1.53 bits per heavy atom. The molecular formula is C13H18ClNOS. The topological polar surface area (TPSA) is 29.1 Å². The van der Waals surface area contributed by atoms with Crippen molar-refractivity contribution in [2.75, 3.05) is 0 Å². The summed E-state index contributed by atoms with van der Waals surface area (Å²) in [6.07, 6.45) is 5.24. The maximum Gasteiger partial charge on any atom is 0.225 e. The normalized spacial score (nSPS) is 24.6. The summed E-state index contributed by atoms with van der Waals surface area (Å²) in [5, 5.41) is 3.13. The standard InChI is InChI=1S/C13H18ClNOS/c1-9-3-2-4-10(7-9)15-13(16)8-11-5-6-12(14)17-11/h5-6,9-10H,2-4,7-8H2,1H3,(H,15,16). The second-order valence-corrected chi connectivity index (χ2v) is 6.72. The lowest BCUT2D eigenvalue weighted by molar-refractivity contribution is -0.121.